The quantitative estimate of drug-likeness (QED) is 0.378. The Morgan fingerprint density at radius 3 is 2.51 bits per heavy atom. The van der Waals surface area contributed by atoms with Crippen LogP contribution in [0.25, 0.3) is 11.0 Å². The smallest absolute Gasteiger partial charge is 0.264 e. The molecular weight excluding hydrogens is 479 g/mol. The van der Waals surface area contributed by atoms with Crippen molar-refractivity contribution in [1.82, 2.24) is 14.5 Å². The summed E-state index contributed by atoms with van der Waals surface area (Å²) in [6, 6.07) is 8.88. The van der Waals surface area contributed by atoms with Crippen molar-refractivity contribution in [3.8, 4) is 0 Å². The Labute approximate surface area is 213 Å². The molecule has 2 unspecified atom stereocenters. The van der Waals surface area contributed by atoms with Gasteiger partial charge in [0.15, 0.2) is 0 Å². The minimum atomic E-state index is -1.03. The number of primary amides is 1. The van der Waals surface area contributed by atoms with Gasteiger partial charge in [-0.3, -0.25) is 19.4 Å². The van der Waals surface area contributed by atoms with Crippen molar-refractivity contribution in [2.45, 2.75) is 57.3 Å². The second-order valence-corrected chi connectivity index (χ2v) is 9.47. The summed E-state index contributed by atoms with van der Waals surface area (Å²) in [5.74, 6) is -1.17. The van der Waals surface area contributed by atoms with Crippen LogP contribution in [0.1, 0.15) is 47.2 Å². The van der Waals surface area contributed by atoms with Crippen molar-refractivity contribution in [3.05, 3.63) is 75.5 Å². The summed E-state index contributed by atoms with van der Waals surface area (Å²) in [6.45, 7) is 1.14. The molecule has 1 fully saturated rings. The van der Waals surface area contributed by atoms with Crippen molar-refractivity contribution in [2.24, 2.45) is 5.73 Å². The number of hydrogen-bond donors (Lipinski definition) is 3. The van der Waals surface area contributed by atoms with Gasteiger partial charge in [-0.25, -0.2) is 4.39 Å². The highest BCUT2D eigenvalue weighted by molar-refractivity contribution is 5.95. The number of carbonyl (C=O) groups excluding carboxylic acids is 2. The molecule has 1 aliphatic rings. The molecule has 0 spiro atoms. The highest BCUT2D eigenvalue weighted by Crippen LogP contribution is 2.18. The molecular formula is C27H31FN4O5. The first-order valence-electron chi connectivity index (χ1n) is 12.4. The molecule has 0 bridgehead atoms. The lowest BCUT2D eigenvalue weighted by Gasteiger charge is -2.27. The predicted molar refractivity (Wildman–Crippen MR) is 135 cm³/mol. The van der Waals surface area contributed by atoms with Crippen LogP contribution in [-0.2, 0) is 24.2 Å². The first-order valence-corrected chi connectivity index (χ1v) is 12.4. The van der Waals surface area contributed by atoms with E-state index in [1.165, 1.54) is 22.8 Å². The number of likely N-dealkylation sites (tertiary alicyclic amines) is 1. The standard InChI is InChI=1S/C27H31FN4O5/c28-19-7-4-17(5-8-19)14-24(34)23(33)9-6-18-13-22-21(30-16-18)15-20(26(29)36)27(37)32(22)12-11-31-10-2-1-3-25(31)35/h4-5,7-8,13,15-16,23-24,33-34H,1-3,6,9-12,14H2,(H2,29,36). The summed E-state index contributed by atoms with van der Waals surface area (Å²) in [4.78, 5) is 43.3. The van der Waals surface area contributed by atoms with Crippen LogP contribution in [0.4, 0.5) is 4.39 Å². The molecule has 3 aromatic rings. The summed E-state index contributed by atoms with van der Waals surface area (Å²) in [6.07, 6.45) is 2.58. The Kier molecular flexibility index (Phi) is 8.30. The van der Waals surface area contributed by atoms with Crippen LogP contribution in [0.5, 0.6) is 0 Å². The van der Waals surface area contributed by atoms with Gasteiger partial charge in [-0.15, -0.1) is 0 Å². The van der Waals surface area contributed by atoms with Crippen LogP contribution in [0, 0.1) is 5.82 Å². The number of nitrogens with two attached hydrogens (primary N) is 1. The maximum atomic E-state index is 13.1. The molecule has 0 saturated carbocycles. The first-order chi connectivity index (χ1) is 17.7. The van der Waals surface area contributed by atoms with E-state index in [2.05, 4.69) is 4.98 Å². The summed E-state index contributed by atoms with van der Waals surface area (Å²) >= 11 is 0. The second-order valence-electron chi connectivity index (χ2n) is 9.47. The number of benzene rings is 1. The number of aliphatic hydroxyl groups excluding tert-OH is 2. The van der Waals surface area contributed by atoms with Crippen molar-refractivity contribution < 1.29 is 24.2 Å². The van der Waals surface area contributed by atoms with Crippen molar-refractivity contribution in [3.63, 3.8) is 0 Å². The average Bonchev–Trinajstić information content (AvgIpc) is 2.88. The third-order valence-corrected chi connectivity index (χ3v) is 6.81. The van der Waals surface area contributed by atoms with E-state index >= 15 is 0 Å². The van der Waals surface area contributed by atoms with Crippen LogP contribution in [-0.4, -0.2) is 61.8 Å². The first kappa shape index (κ1) is 26.4. The molecule has 196 valence electrons. The minimum absolute atomic E-state index is 0.0432. The third-order valence-electron chi connectivity index (χ3n) is 6.81. The Bertz CT molecular complexity index is 1340. The maximum absolute atomic E-state index is 13.1. The molecule has 2 atom stereocenters. The number of pyridine rings is 2. The van der Waals surface area contributed by atoms with E-state index in [4.69, 9.17) is 5.73 Å². The van der Waals surface area contributed by atoms with E-state index in [1.807, 2.05) is 0 Å². The Morgan fingerprint density at radius 2 is 1.81 bits per heavy atom. The van der Waals surface area contributed by atoms with E-state index in [-0.39, 0.29) is 36.7 Å². The molecule has 3 heterocycles. The van der Waals surface area contributed by atoms with E-state index in [0.29, 0.717) is 42.5 Å². The lowest BCUT2D eigenvalue weighted by Crippen LogP contribution is -2.39. The van der Waals surface area contributed by atoms with Crippen molar-refractivity contribution >= 4 is 22.8 Å². The SMILES string of the molecule is NC(=O)c1cc2ncc(CCC(O)C(O)Cc3ccc(F)cc3)cc2n(CCN2CCCCC2=O)c1=O. The zero-order chi connectivity index (χ0) is 26.5. The average molecular weight is 511 g/mol. The van der Waals surface area contributed by atoms with Gasteiger partial charge in [0.05, 0.1) is 23.2 Å². The van der Waals surface area contributed by atoms with Crippen molar-refractivity contribution in [1.29, 1.82) is 0 Å². The second kappa shape index (κ2) is 11.6. The summed E-state index contributed by atoms with van der Waals surface area (Å²) in [7, 11) is 0. The van der Waals surface area contributed by atoms with Gasteiger partial charge in [0, 0.05) is 38.7 Å². The summed E-state index contributed by atoms with van der Waals surface area (Å²) in [5, 5.41) is 20.9. The molecule has 2 aromatic heterocycles. The van der Waals surface area contributed by atoms with E-state index in [1.54, 1.807) is 29.3 Å². The number of aliphatic hydroxyl groups is 2. The number of carbonyl (C=O) groups is 2. The van der Waals surface area contributed by atoms with E-state index in [0.717, 1.165) is 18.4 Å². The molecule has 4 N–H and O–H groups in total. The molecule has 4 rings (SSSR count). The van der Waals surface area contributed by atoms with E-state index in [9.17, 15) is 29.0 Å². The van der Waals surface area contributed by atoms with Gasteiger partial charge in [-0.2, -0.15) is 0 Å². The monoisotopic (exact) mass is 510 g/mol. The number of piperidine rings is 1. The Balaban J connectivity index is 1.51. The number of amides is 2. The summed E-state index contributed by atoms with van der Waals surface area (Å²) in [5.41, 5.74) is 7.07. The van der Waals surface area contributed by atoms with Crippen LogP contribution >= 0.6 is 0 Å². The molecule has 1 saturated heterocycles. The lowest BCUT2D eigenvalue weighted by atomic mass is 9.99. The van der Waals surface area contributed by atoms with Crippen LogP contribution in [0.15, 0.2) is 47.4 Å². The largest absolute Gasteiger partial charge is 0.390 e. The molecule has 0 aliphatic carbocycles. The van der Waals surface area contributed by atoms with Crippen LogP contribution in [0.3, 0.4) is 0 Å². The van der Waals surface area contributed by atoms with Gasteiger partial charge in [0.25, 0.3) is 11.5 Å². The number of rotatable bonds is 10. The fourth-order valence-corrected chi connectivity index (χ4v) is 4.65. The predicted octanol–water partition coefficient (Wildman–Crippen LogP) is 1.54. The molecule has 1 aromatic carbocycles. The molecule has 10 heteroatoms. The van der Waals surface area contributed by atoms with Gasteiger partial charge < -0.3 is 25.4 Å². The molecule has 2 amide bonds. The maximum Gasteiger partial charge on any atom is 0.264 e. The van der Waals surface area contributed by atoms with Gasteiger partial charge in [-0.1, -0.05) is 12.1 Å². The highest BCUT2D eigenvalue weighted by atomic mass is 19.1. The number of hydrogen-bond acceptors (Lipinski definition) is 6. The summed E-state index contributed by atoms with van der Waals surface area (Å²) < 4.78 is 14.5. The Hall–Kier alpha value is -3.63. The lowest BCUT2D eigenvalue weighted by molar-refractivity contribution is -0.133. The number of fused-ring (bicyclic) bond motifs is 1. The number of nitrogens with zero attached hydrogens (tertiary/aromatic N) is 3. The topological polar surface area (TPSA) is 139 Å². The van der Waals surface area contributed by atoms with Crippen LogP contribution < -0.4 is 11.3 Å². The molecule has 0 radical (unpaired) electrons. The molecule has 9 nitrogen and oxygen atoms in total. The fraction of sp³-hybridized carbons (Fsp3) is 0.407. The van der Waals surface area contributed by atoms with Crippen molar-refractivity contribution in [2.75, 3.05) is 13.1 Å². The van der Waals surface area contributed by atoms with Gasteiger partial charge in [0.2, 0.25) is 5.91 Å². The molecule has 1 aliphatic heterocycles. The zero-order valence-electron chi connectivity index (χ0n) is 20.5. The van der Waals surface area contributed by atoms with E-state index < -0.39 is 23.7 Å². The number of halogens is 1. The minimum Gasteiger partial charge on any atom is -0.390 e. The normalized spacial score (nSPS) is 15.6. The third kappa shape index (κ3) is 6.39. The van der Waals surface area contributed by atoms with Crippen LogP contribution in [0.2, 0.25) is 0 Å². The number of aryl methyl sites for hydroxylation is 1. The van der Waals surface area contributed by atoms with Gasteiger partial charge in [0.1, 0.15) is 11.4 Å². The Morgan fingerprint density at radius 1 is 1.05 bits per heavy atom. The van der Waals surface area contributed by atoms with Gasteiger partial charge in [-0.05, 0) is 61.1 Å². The fourth-order valence-electron chi connectivity index (χ4n) is 4.65. The van der Waals surface area contributed by atoms with Gasteiger partial charge >= 0.3 is 0 Å². The number of aromatic nitrogens is 2. The molecule has 37 heavy (non-hydrogen) atoms. The highest BCUT2D eigenvalue weighted by Gasteiger charge is 2.21. The zero-order valence-corrected chi connectivity index (χ0v) is 20.5.